The number of nitrogens with zero attached hydrogens (tertiary/aromatic N) is 5. The molecule has 2 aliphatic heterocycles. The zero-order valence-electron chi connectivity index (χ0n) is 18.4. The minimum atomic E-state index is -0.197. The second-order valence-electron chi connectivity index (χ2n) is 8.40. The van der Waals surface area contributed by atoms with Crippen molar-refractivity contribution in [2.45, 2.75) is 19.5 Å². The summed E-state index contributed by atoms with van der Waals surface area (Å²) in [6.07, 6.45) is 2.94. The quantitative estimate of drug-likeness (QED) is 0.614. The Balaban J connectivity index is 1.20. The fourth-order valence-electron chi connectivity index (χ4n) is 4.50. The van der Waals surface area contributed by atoms with Gasteiger partial charge in [-0.3, -0.25) is 4.90 Å². The highest BCUT2D eigenvalue weighted by atomic mass is 19.1. The topological polar surface area (TPSA) is 44.7 Å². The van der Waals surface area contributed by atoms with Crippen molar-refractivity contribution in [1.82, 2.24) is 14.9 Å². The van der Waals surface area contributed by atoms with Crippen molar-refractivity contribution < 1.29 is 9.13 Å². The average Bonchev–Trinajstić information content (AvgIpc) is 2.84. The molecule has 0 radical (unpaired) electrons. The minimum absolute atomic E-state index is 0.197. The van der Waals surface area contributed by atoms with Crippen LogP contribution in [0.5, 0.6) is 5.75 Å². The molecule has 0 atom stereocenters. The van der Waals surface area contributed by atoms with E-state index in [0.29, 0.717) is 0 Å². The Morgan fingerprint density at radius 3 is 2.53 bits per heavy atom. The molecule has 2 aliphatic rings. The van der Waals surface area contributed by atoms with Gasteiger partial charge in [0.25, 0.3) is 0 Å². The standard InChI is InChI=1S/C25H28FN5O/c1-32-23-4-2-3-19(15-23)17-29-10-9-24-20(18-29)16-27-25(28-24)31-13-11-30(12-14-31)22-7-5-21(26)6-8-22/h2-8,15-16H,9-14,17-18H2,1H3. The Kier molecular flexibility index (Phi) is 5.90. The second-order valence-corrected chi connectivity index (χ2v) is 8.40. The smallest absolute Gasteiger partial charge is 0.225 e. The van der Waals surface area contributed by atoms with Crippen LogP contribution in [0, 0.1) is 5.82 Å². The molecule has 3 heterocycles. The molecule has 6 nitrogen and oxygen atoms in total. The molecule has 1 aromatic heterocycles. The number of hydrogen-bond acceptors (Lipinski definition) is 6. The summed E-state index contributed by atoms with van der Waals surface area (Å²) in [6, 6.07) is 15.0. The molecule has 0 bridgehead atoms. The van der Waals surface area contributed by atoms with E-state index >= 15 is 0 Å². The second kappa shape index (κ2) is 9.12. The number of halogens is 1. The maximum atomic E-state index is 13.2. The summed E-state index contributed by atoms with van der Waals surface area (Å²) in [7, 11) is 1.70. The first-order valence-electron chi connectivity index (χ1n) is 11.1. The van der Waals surface area contributed by atoms with Gasteiger partial charge in [-0.25, -0.2) is 14.4 Å². The molecule has 1 fully saturated rings. The summed E-state index contributed by atoms with van der Waals surface area (Å²) in [5.74, 6) is 1.52. The van der Waals surface area contributed by atoms with Crippen molar-refractivity contribution in [3.63, 3.8) is 0 Å². The van der Waals surface area contributed by atoms with E-state index in [4.69, 9.17) is 14.7 Å². The lowest BCUT2D eigenvalue weighted by Crippen LogP contribution is -2.47. The molecule has 0 spiro atoms. The maximum Gasteiger partial charge on any atom is 0.225 e. The predicted octanol–water partition coefficient (Wildman–Crippen LogP) is 3.51. The normalized spacial score (nSPS) is 16.7. The van der Waals surface area contributed by atoms with E-state index in [0.717, 1.165) is 75.3 Å². The Morgan fingerprint density at radius 1 is 0.969 bits per heavy atom. The Labute approximate surface area is 188 Å². The molecule has 32 heavy (non-hydrogen) atoms. The molecule has 0 aliphatic carbocycles. The molecule has 3 aromatic rings. The number of ether oxygens (including phenoxy) is 1. The number of piperazine rings is 1. The maximum absolute atomic E-state index is 13.2. The van der Waals surface area contributed by atoms with E-state index in [1.54, 1.807) is 7.11 Å². The van der Waals surface area contributed by atoms with Crippen LogP contribution in [0.3, 0.4) is 0 Å². The molecular formula is C25H28FN5O. The Hall–Kier alpha value is -3.19. The van der Waals surface area contributed by atoms with Crippen LogP contribution in [0.2, 0.25) is 0 Å². The fourth-order valence-corrected chi connectivity index (χ4v) is 4.50. The van der Waals surface area contributed by atoms with E-state index < -0.39 is 0 Å². The van der Waals surface area contributed by atoms with Crippen LogP contribution < -0.4 is 14.5 Å². The molecule has 5 rings (SSSR count). The first kappa shape index (κ1) is 20.7. The summed E-state index contributed by atoms with van der Waals surface area (Å²) < 4.78 is 18.5. The number of aromatic nitrogens is 2. The predicted molar refractivity (Wildman–Crippen MR) is 124 cm³/mol. The molecular weight excluding hydrogens is 405 g/mol. The van der Waals surface area contributed by atoms with Crippen LogP contribution in [0.15, 0.2) is 54.7 Å². The van der Waals surface area contributed by atoms with Crippen molar-refractivity contribution >= 4 is 11.6 Å². The number of hydrogen-bond donors (Lipinski definition) is 0. The highest BCUT2D eigenvalue weighted by Gasteiger charge is 2.23. The minimum Gasteiger partial charge on any atom is -0.497 e. The molecule has 0 amide bonds. The van der Waals surface area contributed by atoms with Gasteiger partial charge in [0.2, 0.25) is 5.95 Å². The Bertz CT molecular complexity index is 1070. The van der Waals surface area contributed by atoms with Gasteiger partial charge in [0.1, 0.15) is 11.6 Å². The van der Waals surface area contributed by atoms with E-state index in [1.165, 1.54) is 23.3 Å². The molecule has 0 N–H and O–H groups in total. The van der Waals surface area contributed by atoms with Crippen molar-refractivity contribution in [3.05, 3.63) is 77.4 Å². The average molecular weight is 434 g/mol. The van der Waals surface area contributed by atoms with Crippen LogP contribution in [-0.2, 0) is 19.5 Å². The van der Waals surface area contributed by atoms with Gasteiger partial charge < -0.3 is 14.5 Å². The van der Waals surface area contributed by atoms with Gasteiger partial charge in [0.05, 0.1) is 12.8 Å². The lowest BCUT2D eigenvalue weighted by Gasteiger charge is -2.36. The lowest BCUT2D eigenvalue weighted by molar-refractivity contribution is 0.242. The van der Waals surface area contributed by atoms with Gasteiger partial charge in [-0.2, -0.15) is 0 Å². The van der Waals surface area contributed by atoms with Gasteiger partial charge in [-0.1, -0.05) is 12.1 Å². The van der Waals surface area contributed by atoms with Gasteiger partial charge in [-0.05, 0) is 42.0 Å². The van der Waals surface area contributed by atoms with Crippen molar-refractivity contribution in [3.8, 4) is 5.75 Å². The number of methoxy groups -OCH3 is 1. The summed E-state index contributed by atoms with van der Waals surface area (Å²) in [6.45, 7) is 6.21. The zero-order chi connectivity index (χ0) is 21.9. The SMILES string of the molecule is COc1cccc(CN2CCc3nc(N4CCN(c5ccc(F)cc5)CC4)ncc3C2)c1. The van der Waals surface area contributed by atoms with Gasteiger partial charge in [0, 0.05) is 69.7 Å². The zero-order valence-corrected chi connectivity index (χ0v) is 18.4. The third-order valence-corrected chi connectivity index (χ3v) is 6.29. The van der Waals surface area contributed by atoms with Crippen LogP contribution in [0.4, 0.5) is 16.0 Å². The summed E-state index contributed by atoms with van der Waals surface area (Å²) in [4.78, 5) is 16.6. The monoisotopic (exact) mass is 433 g/mol. The first-order valence-corrected chi connectivity index (χ1v) is 11.1. The number of fused-ring (bicyclic) bond motifs is 1. The van der Waals surface area contributed by atoms with Crippen LogP contribution >= 0.6 is 0 Å². The van der Waals surface area contributed by atoms with Crippen LogP contribution in [0.25, 0.3) is 0 Å². The van der Waals surface area contributed by atoms with E-state index in [-0.39, 0.29) is 5.82 Å². The van der Waals surface area contributed by atoms with E-state index in [9.17, 15) is 4.39 Å². The van der Waals surface area contributed by atoms with Gasteiger partial charge >= 0.3 is 0 Å². The molecule has 0 unspecified atom stereocenters. The summed E-state index contributed by atoms with van der Waals surface area (Å²) in [5.41, 5.74) is 4.70. The van der Waals surface area contributed by atoms with Gasteiger partial charge in [-0.15, -0.1) is 0 Å². The van der Waals surface area contributed by atoms with Gasteiger partial charge in [0.15, 0.2) is 0 Å². The van der Waals surface area contributed by atoms with Crippen LogP contribution in [-0.4, -0.2) is 54.7 Å². The fraction of sp³-hybridized carbons (Fsp3) is 0.360. The highest BCUT2D eigenvalue weighted by Crippen LogP contribution is 2.23. The summed E-state index contributed by atoms with van der Waals surface area (Å²) in [5, 5.41) is 0. The molecule has 7 heteroatoms. The van der Waals surface area contributed by atoms with Crippen molar-refractivity contribution in [1.29, 1.82) is 0 Å². The third kappa shape index (κ3) is 4.53. The molecule has 0 saturated carbocycles. The third-order valence-electron chi connectivity index (χ3n) is 6.29. The van der Waals surface area contributed by atoms with Crippen molar-refractivity contribution in [2.75, 3.05) is 49.6 Å². The highest BCUT2D eigenvalue weighted by molar-refractivity contribution is 5.48. The van der Waals surface area contributed by atoms with E-state index in [1.807, 2.05) is 30.5 Å². The molecule has 166 valence electrons. The molecule has 2 aromatic carbocycles. The largest absolute Gasteiger partial charge is 0.497 e. The lowest BCUT2D eigenvalue weighted by atomic mass is 10.1. The van der Waals surface area contributed by atoms with E-state index in [2.05, 4.69) is 26.8 Å². The van der Waals surface area contributed by atoms with Crippen LogP contribution in [0.1, 0.15) is 16.8 Å². The first-order chi connectivity index (χ1) is 15.7. The number of anilines is 2. The number of rotatable bonds is 5. The summed E-state index contributed by atoms with van der Waals surface area (Å²) >= 11 is 0. The number of benzene rings is 2. The molecule has 1 saturated heterocycles. The van der Waals surface area contributed by atoms with Crippen molar-refractivity contribution in [2.24, 2.45) is 0 Å². The Morgan fingerprint density at radius 2 is 1.75 bits per heavy atom.